The van der Waals surface area contributed by atoms with Gasteiger partial charge in [-0.05, 0) is 18.1 Å². The fraction of sp³-hybridized carbons (Fsp3) is 0.500. The van der Waals surface area contributed by atoms with E-state index in [0.717, 1.165) is 12.8 Å². The molecule has 0 atom stereocenters. The second kappa shape index (κ2) is 4.16. The highest BCUT2D eigenvalue weighted by Crippen LogP contribution is 2.18. The Bertz CT molecular complexity index is 420. The first-order chi connectivity index (χ1) is 7.33. The van der Waals surface area contributed by atoms with Crippen LogP contribution in [0.5, 0.6) is 0 Å². The van der Waals surface area contributed by atoms with Crippen LogP contribution < -0.4 is 0 Å². The van der Waals surface area contributed by atoms with E-state index in [9.17, 15) is 4.39 Å². The molecule has 2 heterocycles. The van der Waals surface area contributed by atoms with Crippen molar-refractivity contribution in [1.29, 1.82) is 0 Å². The number of aromatic amines is 2. The first kappa shape index (κ1) is 9.75. The smallest absolute Gasteiger partial charge is 0.227 e. The number of tetrazole rings is 1. The molecular formula is C8H11FN6. The molecule has 0 amide bonds. The van der Waals surface area contributed by atoms with Gasteiger partial charge in [-0.15, -0.1) is 10.2 Å². The van der Waals surface area contributed by atoms with E-state index in [-0.39, 0.29) is 17.3 Å². The van der Waals surface area contributed by atoms with E-state index in [1.165, 1.54) is 0 Å². The second-order valence-corrected chi connectivity index (χ2v) is 3.20. The molecule has 0 spiro atoms. The van der Waals surface area contributed by atoms with Crippen LogP contribution in [0.15, 0.2) is 0 Å². The normalized spacial score (nSPS) is 10.8. The van der Waals surface area contributed by atoms with Crippen LogP contribution in [-0.4, -0.2) is 30.8 Å². The Hall–Kier alpha value is -1.79. The van der Waals surface area contributed by atoms with Crippen LogP contribution in [0.3, 0.4) is 0 Å². The molecule has 0 radical (unpaired) electrons. The highest BCUT2D eigenvalue weighted by atomic mass is 19.1. The van der Waals surface area contributed by atoms with Gasteiger partial charge in [0.15, 0.2) is 11.5 Å². The van der Waals surface area contributed by atoms with Gasteiger partial charge in [0, 0.05) is 0 Å². The fourth-order valence-electron chi connectivity index (χ4n) is 1.29. The summed E-state index contributed by atoms with van der Waals surface area (Å²) >= 11 is 0. The lowest BCUT2D eigenvalue weighted by Gasteiger charge is -1.93. The number of unbranched alkanes of at least 4 members (excludes halogenated alkanes) is 1. The summed E-state index contributed by atoms with van der Waals surface area (Å²) in [5, 5.41) is 19.4. The number of hydrogen-bond donors (Lipinski definition) is 2. The Balaban J connectivity index is 2.24. The molecule has 80 valence electrons. The van der Waals surface area contributed by atoms with Gasteiger partial charge in [-0.25, -0.2) is 4.39 Å². The molecule has 6 nitrogen and oxygen atoms in total. The molecule has 15 heavy (non-hydrogen) atoms. The van der Waals surface area contributed by atoms with Crippen molar-refractivity contribution in [2.75, 3.05) is 0 Å². The molecule has 7 heteroatoms. The minimum absolute atomic E-state index is 0.120. The molecule has 0 aromatic carbocycles. The highest BCUT2D eigenvalue weighted by molar-refractivity contribution is 5.49. The maximum Gasteiger partial charge on any atom is 0.227 e. The summed E-state index contributed by atoms with van der Waals surface area (Å²) < 4.78 is 13.7. The Morgan fingerprint density at radius 2 is 2.20 bits per heavy atom. The second-order valence-electron chi connectivity index (χ2n) is 3.20. The molecule has 2 rings (SSSR count). The lowest BCUT2D eigenvalue weighted by Crippen LogP contribution is -1.89. The summed E-state index contributed by atoms with van der Waals surface area (Å²) in [7, 11) is 0. The average molecular weight is 210 g/mol. The SMILES string of the molecule is CCCCc1[nH]nc(-c2nn[nH]n2)c1F. The molecule has 0 fully saturated rings. The molecule has 2 N–H and O–H groups in total. The number of halogens is 1. The lowest BCUT2D eigenvalue weighted by molar-refractivity contribution is 0.604. The first-order valence-electron chi connectivity index (χ1n) is 4.79. The summed E-state index contributed by atoms with van der Waals surface area (Å²) in [6.45, 7) is 2.05. The maximum atomic E-state index is 13.7. The summed E-state index contributed by atoms with van der Waals surface area (Å²) in [4.78, 5) is 0. The van der Waals surface area contributed by atoms with Crippen LogP contribution in [0.2, 0.25) is 0 Å². The fourth-order valence-corrected chi connectivity index (χ4v) is 1.29. The largest absolute Gasteiger partial charge is 0.279 e. The number of nitrogens with one attached hydrogen (secondary N) is 2. The van der Waals surface area contributed by atoms with Gasteiger partial charge >= 0.3 is 0 Å². The lowest BCUT2D eigenvalue weighted by atomic mass is 10.2. The molecule has 0 aliphatic heterocycles. The Labute approximate surface area is 85.3 Å². The van der Waals surface area contributed by atoms with Gasteiger partial charge in [0.1, 0.15) is 0 Å². The summed E-state index contributed by atoms with van der Waals surface area (Å²) in [6.07, 6.45) is 2.58. The van der Waals surface area contributed by atoms with E-state index in [1.807, 2.05) is 6.92 Å². The zero-order valence-electron chi connectivity index (χ0n) is 8.29. The zero-order valence-corrected chi connectivity index (χ0v) is 8.29. The Morgan fingerprint density at radius 3 is 2.87 bits per heavy atom. The number of aromatic nitrogens is 6. The third kappa shape index (κ3) is 1.85. The van der Waals surface area contributed by atoms with Gasteiger partial charge < -0.3 is 0 Å². The van der Waals surface area contributed by atoms with Crippen molar-refractivity contribution in [2.45, 2.75) is 26.2 Å². The monoisotopic (exact) mass is 210 g/mol. The van der Waals surface area contributed by atoms with Crippen LogP contribution in [0.1, 0.15) is 25.5 Å². The topological polar surface area (TPSA) is 83.1 Å². The molecule has 0 aliphatic rings. The highest BCUT2D eigenvalue weighted by Gasteiger charge is 2.17. The molecule has 0 saturated heterocycles. The molecule has 2 aromatic heterocycles. The van der Waals surface area contributed by atoms with Crippen molar-refractivity contribution < 1.29 is 4.39 Å². The van der Waals surface area contributed by atoms with E-state index in [4.69, 9.17) is 0 Å². The number of rotatable bonds is 4. The van der Waals surface area contributed by atoms with Gasteiger partial charge in [0.05, 0.1) is 5.69 Å². The maximum absolute atomic E-state index is 13.7. The number of aryl methyl sites for hydroxylation is 1. The van der Waals surface area contributed by atoms with Crippen LogP contribution >= 0.6 is 0 Å². The number of H-pyrrole nitrogens is 2. The molecule has 0 bridgehead atoms. The summed E-state index contributed by atoms with van der Waals surface area (Å²) in [5.41, 5.74) is 0.617. The van der Waals surface area contributed by atoms with Gasteiger partial charge in [0.2, 0.25) is 5.82 Å². The van der Waals surface area contributed by atoms with Crippen molar-refractivity contribution in [3.8, 4) is 11.5 Å². The molecule has 0 aliphatic carbocycles. The molecule has 0 saturated carbocycles. The van der Waals surface area contributed by atoms with E-state index in [0.29, 0.717) is 12.1 Å². The predicted molar refractivity (Wildman–Crippen MR) is 50.3 cm³/mol. The summed E-state index contributed by atoms with van der Waals surface area (Å²) in [6, 6.07) is 0. The third-order valence-electron chi connectivity index (χ3n) is 2.11. The van der Waals surface area contributed by atoms with Gasteiger partial charge in [-0.1, -0.05) is 13.3 Å². The number of nitrogens with zero attached hydrogens (tertiary/aromatic N) is 4. The molecule has 0 unspecified atom stereocenters. The van der Waals surface area contributed by atoms with Crippen molar-refractivity contribution in [1.82, 2.24) is 30.8 Å². The summed E-state index contributed by atoms with van der Waals surface area (Å²) in [5.74, 6) is -0.212. The minimum Gasteiger partial charge on any atom is -0.279 e. The minimum atomic E-state index is -0.384. The number of hydrogen-bond acceptors (Lipinski definition) is 4. The first-order valence-corrected chi connectivity index (χ1v) is 4.79. The molecule has 2 aromatic rings. The molecular weight excluding hydrogens is 199 g/mol. The van der Waals surface area contributed by atoms with Crippen LogP contribution in [0.4, 0.5) is 4.39 Å². The quantitative estimate of drug-likeness (QED) is 0.790. The van der Waals surface area contributed by atoms with Gasteiger partial charge in [0.25, 0.3) is 0 Å². The van der Waals surface area contributed by atoms with Gasteiger partial charge in [-0.2, -0.15) is 10.3 Å². The third-order valence-corrected chi connectivity index (χ3v) is 2.11. The van der Waals surface area contributed by atoms with Crippen molar-refractivity contribution in [3.63, 3.8) is 0 Å². The van der Waals surface area contributed by atoms with Crippen molar-refractivity contribution >= 4 is 0 Å². The van der Waals surface area contributed by atoms with Crippen LogP contribution in [-0.2, 0) is 6.42 Å². The standard InChI is InChI=1S/C8H11FN6/c1-2-3-4-5-6(9)7(11-10-5)8-12-14-15-13-8/h2-4H2,1H3,(H,10,11)(H,12,13,14,15). The van der Waals surface area contributed by atoms with Crippen LogP contribution in [0, 0.1) is 5.82 Å². The van der Waals surface area contributed by atoms with E-state index in [2.05, 4.69) is 30.8 Å². The van der Waals surface area contributed by atoms with Crippen LogP contribution in [0.25, 0.3) is 11.5 Å². The van der Waals surface area contributed by atoms with E-state index in [1.54, 1.807) is 0 Å². The Morgan fingerprint density at radius 1 is 1.33 bits per heavy atom. The predicted octanol–water partition coefficient (Wildman–Crippen LogP) is 1.07. The Kier molecular flexibility index (Phi) is 2.70. The van der Waals surface area contributed by atoms with E-state index < -0.39 is 0 Å². The van der Waals surface area contributed by atoms with E-state index >= 15 is 0 Å². The van der Waals surface area contributed by atoms with Gasteiger partial charge in [-0.3, -0.25) is 5.10 Å². The average Bonchev–Trinajstić information content (AvgIpc) is 2.84. The van der Waals surface area contributed by atoms with Crippen molar-refractivity contribution in [3.05, 3.63) is 11.5 Å². The zero-order chi connectivity index (χ0) is 10.7. The van der Waals surface area contributed by atoms with Crippen molar-refractivity contribution in [2.24, 2.45) is 0 Å².